The summed E-state index contributed by atoms with van der Waals surface area (Å²) in [4.78, 5) is 12.2. The van der Waals surface area contributed by atoms with Crippen molar-refractivity contribution >= 4 is 23.4 Å². The van der Waals surface area contributed by atoms with Crippen LogP contribution in [-0.2, 0) is 0 Å². The van der Waals surface area contributed by atoms with E-state index in [9.17, 15) is 9.18 Å². The number of benzene rings is 2. The van der Waals surface area contributed by atoms with Crippen molar-refractivity contribution in [1.29, 1.82) is 0 Å². The number of carbonyl (C=O) groups is 1. The number of carboxylic acid groups (broad SMARTS) is 1. The third-order valence-corrected chi connectivity index (χ3v) is 4.62. The molecule has 2 N–H and O–H groups in total. The SMILES string of the molecule is O=C(O)c1cc(NC2CCSc3ccccc32)ccc1F. The van der Waals surface area contributed by atoms with Crippen LogP contribution in [0.15, 0.2) is 47.4 Å². The number of hydrogen-bond acceptors (Lipinski definition) is 3. The van der Waals surface area contributed by atoms with Crippen molar-refractivity contribution in [2.45, 2.75) is 17.4 Å². The van der Waals surface area contributed by atoms with Crippen molar-refractivity contribution < 1.29 is 14.3 Å². The van der Waals surface area contributed by atoms with Crippen molar-refractivity contribution in [2.24, 2.45) is 0 Å². The van der Waals surface area contributed by atoms with Gasteiger partial charge in [0, 0.05) is 16.3 Å². The van der Waals surface area contributed by atoms with Crippen LogP contribution in [0.2, 0.25) is 0 Å². The number of rotatable bonds is 3. The molecule has 5 heteroatoms. The lowest BCUT2D eigenvalue weighted by molar-refractivity contribution is 0.0692. The van der Waals surface area contributed by atoms with Crippen LogP contribution in [0.4, 0.5) is 10.1 Å². The molecule has 0 aromatic heterocycles. The molecule has 0 saturated carbocycles. The predicted octanol–water partition coefficient (Wildman–Crippen LogP) is 4.17. The molecule has 0 bridgehead atoms. The summed E-state index contributed by atoms with van der Waals surface area (Å²) < 4.78 is 13.4. The van der Waals surface area contributed by atoms with Crippen molar-refractivity contribution in [3.63, 3.8) is 0 Å². The Kier molecular flexibility index (Phi) is 3.84. The van der Waals surface area contributed by atoms with Crippen LogP contribution < -0.4 is 5.32 Å². The molecule has 0 spiro atoms. The number of halogens is 1. The van der Waals surface area contributed by atoms with Gasteiger partial charge in [-0.15, -0.1) is 11.8 Å². The molecule has 21 heavy (non-hydrogen) atoms. The minimum Gasteiger partial charge on any atom is -0.478 e. The van der Waals surface area contributed by atoms with Gasteiger partial charge < -0.3 is 10.4 Å². The Hall–Kier alpha value is -2.01. The predicted molar refractivity (Wildman–Crippen MR) is 81.5 cm³/mol. The molecule has 1 aliphatic rings. The molecule has 3 nitrogen and oxygen atoms in total. The van der Waals surface area contributed by atoms with E-state index >= 15 is 0 Å². The number of nitrogens with one attached hydrogen (secondary N) is 1. The molecule has 0 amide bonds. The van der Waals surface area contributed by atoms with Crippen LogP contribution in [0.1, 0.15) is 28.4 Å². The fourth-order valence-electron chi connectivity index (χ4n) is 2.47. The smallest absolute Gasteiger partial charge is 0.338 e. The van der Waals surface area contributed by atoms with Gasteiger partial charge in [-0.3, -0.25) is 0 Å². The molecule has 1 atom stereocenters. The highest BCUT2D eigenvalue weighted by atomic mass is 32.2. The third-order valence-electron chi connectivity index (χ3n) is 3.50. The van der Waals surface area contributed by atoms with Crippen LogP contribution in [0.5, 0.6) is 0 Å². The van der Waals surface area contributed by atoms with Gasteiger partial charge in [0.05, 0.1) is 11.6 Å². The van der Waals surface area contributed by atoms with Gasteiger partial charge in [-0.1, -0.05) is 18.2 Å². The fraction of sp³-hybridized carbons (Fsp3) is 0.188. The molecule has 2 aromatic rings. The van der Waals surface area contributed by atoms with E-state index < -0.39 is 11.8 Å². The van der Waals surface area contributed by atoms with E-state index in [1.54, 1.807) is 6.07 Å². The van der Waals surface area contributed by atoms with E-state index in [2.05, 4.69) is 17.4 Å². The first-order valence-electron chi connectivity index (χ1n) is 6.66. The molecular weight excluding hydrogens is 289 g/mol. The summed E-state index contributed by atoms with van der Waals surface area (Å²) in [5.74, 6) is -0.967. The Morgan fingerprint density at radius 2 is 2.10 bits per heavy atom. The minimum atomic E-state index is -1.25. The van der Waals surface area contributed by atoms with Crippen molar-refractivity contribution in [3.05, 3.63) is 59.4 Å². The summed E-state index contributed by atoms with van der Waals surface area (Å²) in [5, 5.41) is 12.3. The summed E-state index contributed by atoms with van der Waals surface area (Å²) in [6.45, 7) is 0. The standard InChI is InChI=1S/C16H14FNO2S/c17-13-6-5-10(9-12(13)16(19)20)18-14-7-8-21-15-4-2-1-3-11(14)15/h1-6,9,14,18H,7-8H2,(H,19,20). The zero-order valence-corrected chi connectivity index (χ0v) is 12.0. The number of anilines is 1. The third kappa shape index (κ3) is 2.88. The zero-order valence-electron chi connectivity index (χ0n) is 11.2. The molecule has 0 radical (unpaired) electrons. The number of aromatic carboxylic acids is 1. The summed E-state index contributed by atoms with van der Waals surface area (Å²) in [5.41, 5.74) is 1.52. The maximum atomic E-state index is 13.4. The molecule has 0 aliphatic carbocycles. The Morgan fingerprint density at radius 3 is 2.90 bits per heavy atom. The molecule has 108 valence electrons. The van der Waals surface area contributed by atoms with Gasteiger partial charge in [-0.05, 0) is 36.2 Å². The van der Waals surface area contributed by atoms with E-state index in [-0.39, 0.29) is 11.6 Å². The van der Waals surface area contributed by atoms with Crippen LogP contribution >= 0.6 is 11.8 Å². The summed E-state index contributed by atoms with van der Waals surface area (Å²) in [6.07, 6.45) is 0.946. The van der Waals surface area contributed by atoms with Gasteiger partial charge in [0.15, 0.2) is 0 Å². The van der Waals surface area contributed by atoms with E-state index in [1.807, 2.05) is 23.9 Å². The largest absolute Gasteiger partial charge is 0.478 e. The Balaban J connectivity index is 1.88. The van der Waals surface area contributed by atoms with Crippen molar-refractivity contribution in [2.75, 3.05) is 11.1 Å². The average molecular weight is 303 g/mol. The average Bonchev–Trinajstić information content (AvgIpc) is 2.49. The fourth-order valence-corrected chi connectivity index (χ4v) is 3.60. The molecule has 1 heterocycles. The van der Waals surface area contributed by atoms with Crippen LogP contribution in [0.3, 0.4) is 0 Å². The first kappa shape index (κ1) is 13.9. The first-order chi connectivity index (χ1) is 10.1. The number of fused-ring (bicyclic) bond motifs is 1. The second-order valence-electron chi connectivity index (χ2n) is 4.87. The molecular formula is C16H14FNO2S. The lowest BCUT2D eigenvalue weighted by Gasteiger charge is -2.26. The molecule has 1 unspecified atom stereocenters. The van der Waals surface area contributed by atoms with Crippen molar-refractivity contribution in [3.8, 4) is 0 Å². The molecule has 0 saturated heterocycles. The quantitative estimate of drug-likeness (QED) is 0.893. The van der Waals surface area contributed by atoms with Gasteiger partial charge in [-0.2, -0.15) is 0 Å². The van der Waals surface area contributed by atoms with Gasteiger partial charge in [0.1, 0.15) is 5.82 Å². The van der Waals surface area contributed by atoms with Gasteiger partial charge in [0.25, 0.3) is 0 Å². The van der Waals surface area contributed by atoms with E-state index in [0.29, 0.717) is 5.69 Å². The topological polar surface area (TPSA) is 49.3 Å². The Bertz CT molecular complexity index is 690. The molecule has 2 aromatic carbocycles. The number of hydrogen-bond donors (Lipinski definition) is 2. The van der Waals surface area contributed by atoms with Gasteiger partial charge in [-0.25, -0.2) is 9.18 Å². The van der Waals surface area contributed by atoms with Crippen LogP contribution in [0, 0.1) is 5.82 Å². The highest BCUT2D eigenvalue weighted by molar-refractivity contribution is 7.99. The number of carboxylic acids is 1. The monoisotopic (exact) mass is 303 g/mol. The zero-order chi connectivity index (χ0) is 14.8. The summed E-state index contributed by atoms with van der Waals surface area (Å²) >= 11 is 1.82. The Morgan fingerprint density at radius 1 is 1.29 bits per heavy atom. The van der Waals surface area contributed by atoms with E-state index in [0.717, 1.165) is 12.2 Å². The van der Waals surface area contributed by atoms with Gasteiger partial charge in [0.2, 0.25) is 0 Å². The number of thioether (sulfide) groups is 1. The van der Waals surface area contributed by atoms with E-state index in [4.69, 9.17) is 5.11 Å². The maximum Gasteiger partial charge on any atom is 0.338 e. The second-order valence-corrected chi connectivity index (χ2v) is 6.01. The summed E-state index contributed by atoms with van der Waals surface area (Å²) in [6, 6.07) is 12.4. The maximum absolute atomic E-state index is 13.4. The molecule has 3 rings (SSSR count). The normalized spacial score (nSPS) is 17.1. The Labute approximate surface area is 126 Å². The second kappa shape index (κ2) is 5.77. The first-order valence-corrected chi connectivity index (χ1v) is 7.65. The highest BCUT2D eigenvalue weighted by Gasteiger charge is 2.20. The van der Waals surface area contributed by atoms with Gasteiger partial charge >= 0.3 is 5.97 Å². The lowest BCUT2D eigenvalue weighted by atomic mass is 10.0. The van der Waals surface area contributed by atoms with Crippen LogP contribution in [-0.4, -0.2) is 16.8 Å². The molecule has 1 aliphatic heterocycles. The summed E-state index contributed by atoms with van der Waals surface area (Å²) in [7, 11) is 0. The minimum absolute atomic E-state index is 0.120. The van der Waals surface area contributed by atoms with Crippen LogP contribution in [0.25, 0.3) is 0 Å². The van der Waals surface area contributed by atoms with Crippen molar-refractivity contribution in [1.82, 2.24) is 0 Å². The lowest BCUT2D eigenvalue weighted by Crippen LogP contribution is -2.16. The molecule has 0 fully saturated rings. The van der Waals surface area contributed by atoms with E-state index in [1.165, 1.54) is 22.6 Å². The highest BCUT2D eigenvalue weighted by Crippen LogP contribution is 2.37.